The molecule has 15 heteroatoms. The molecule has 2 aliphatic heterocycles. The first-order valence-corrected chi connectivity index (χ1v) is 18.4. The number of primary sulfonamides is 1. The van der Waals surface area contributed by atoms with Crippen LogP contribution in [0.3, 0.4) is 0 Å². The van der Waals surface area contributed by atoms with Crippen molar-refractivity contribution >= 4 is 79.7 Å². The van der Waals surface area contributed by atoms with Gasteiger partial charge in [-0.25, -0.2) is 17.8 Å². The average molecular weight is 795 g/mol. The van der Waals surface area contributed by atoms with E-state index in [1.807, 2.05) is 25.2 Å². The van der Waals surface area contributed by atoms with Gasteiger partial charge in [0.25, 0.3) is 0 Å². The molecule has 2 N–H and O–H groups in total. The molecule has 48 heavy (non-hydrogen) atoms. The van der Waals surface area contributed by atoms with E-state index >= 15 is 0 Å². The van der Waals surface area contributed by atoms with Crippen molar-refractivity contribution in [2.75, 3.05) is 27.2 Å². The second kappa shape index (κ2) is 17.9. The number of likely N-dealkylation sites (N-methyl/N-ethyl adjacent to an activating group) is 2. The van der Waals surface area contributed by atoms with Gasteiger partial charge >= 0.3 is 0 Å². The van der Waals surface area contributed by atoms with Crippen molar-refractivity contribution in [2.24, 2.45) is 5.14 Å². The van der Waals surface area contributed by atoms with Crippen LogP contribution >= 0.6 is 58.3 Å². The number of halogens is 5. The van der Waals surface area contributed by atoms with Gasteiger partial charge in [-0.05, 0) is 83.9 Å². The Labute approximate surface area is 310 Å². The molecular formula is C33H35Cl5N3O5S2-. The third-order valence-electron chi connectivity index (χ3n) is 7.85. The smallest absolute Gasteiger partial charge is 0.238 e. The lowest BCUT2D eigenvalue weighted by Gasteiger charge is -2.33. The maximum atomic E-state index is 11.4. The van der Waals surface area contributed by atoms with Crippen LogP contribution in [0.5, 0.6) is 0 Å². The summed E-state index contributed by atoms with van der Waals surface area (Å²) in [6.45, 7) is 3.44. The fourth-order valence-corrected chi connectivity index (χ4v) is 7.49. The molecule has 0 spiro atoms. The molecule has 260 valence electrons. The lowest BCUT2D eigenvalue weighted by atomic mass is 9.85. The average Bonchev–Trinajstić information content (AvgIpc) is 3.02. The summed E-state index contributed by atoms with van der Waals surface area (Å²) in [6.07, 6.45) is 0. The molecule has 0 bridgehead atoms. The number of nitrogens with two attached hydrogens (primary N) is 1. The first-order chi connectivity index (χ1) is 22.2. The molecule has 4 aromatic rings. The van der Waals surface area contributed by atoms with Gasteiger partial charge in [0.05, 0.1) is 16.8 Å². The van der Waals surface area contributed by atoms with Crippen LogP contribution in [-0.2, 0) is 38.2 Å². The molecule has 0 saturated carbocycles. The van der Waals surface area contributed by atoms with Crippen LogP contribution in [0.2, 0.25) is 20.1 Å². The predicted molar refractivity (Wildman–Crippen MR) is 196 cm³/mol. The molecule has 0 radical (unpaired) electrons. The Hall–Kier alpha value is -1.77. The monoisotopic (exact) mass is 792 g/mol. The fraction of sp³-hybridized carbons (Fsp3) is 0.273. The van der Waals surface area contributed by atoms with Gasteiger partial charge in [-0.2, -0.15) is 3.74 Å². The Balaban J connectivity index is 0.000000227. The molecular weight excluding hydrogens is 760 g/mol. The highest BCUT2D eigenvalue weighted by Gasteiger charge is 2.28. The van der Waals surface area contributed by atoms with Crippen molar-refractivity contribution in [1.29, 1.82) is 0 Å². The third kappa shape index (κ3) is 10.6. The van der Waals surface area contributed by atoms with E-state index in [2.05, 4.69) is 62.8 Å². The van der Waals surface area contributed by atoms with E-state index in [-0.39, 0.29) is 18.2 Å². The summed E-state index contributed by atoms with van der Waals surface area (Å²) < 4.78 is 44.0. The molecule has 2 heterocycles. The number of rotatable bonds is 4. The second-order valence-corrected chi connectivity index (χ2v) is 15.4. The minimum Gasteiger partial charge on any atom is -0.749 e. The van der Waals surface area contributed by atoms with Crippen LogP contribution in [0.4, 0.5) is 0 Å². The third-order valence-corrected chi connectivity index (χ3v) is 10.3. The summed E-state index contributed by atoms with van der Waals surface area (Å²) in [4.78, 5) is 4.59. The standard InChI is InChI=1S/C16H16Cl2N2O2S.C16H15Cl2N.CH4.ClHO3S/c1-20-8-14(10-2-4-12(5-3-10)23(19,21)22)13-6-11(17)7-16(18)15(13)9-20;1-19-9-14(11-5-3-2-4-6-11)13-7-12(17)8-16(18)15(13)10-19;;1-4-5(2)3/h2-7,14H,8-9H2,1H3,(H2,19,21,22);2-8,14H,9-10H2,1H3;1H4;(H,2,3)/p-1. The van der Waals surface area contributed by atoms with E-state index < -0.39 is 21.4 Å². The van der Waals surface area contributed by atoms with Gasteiger partial charge in [-0.3, -0.25) is 0 Å². The topological polar surface area (TPSA) is 116 Å². The maximum absolute atomic E-state index is 11.4. The number of fused-ring (bicyclic) bond motifs is 2. The van der Waals surface area contributed by atoms with Gasteiger partial charge in [-0.1, -0.05) is 96.3 Å². The van der Waals surface area contributed by atoms with Gasteiger partial charge in [0.15, 0.2) is 0 Å². The molecule has 0 aliphatic carbocycles. The lowest BCUT2D eigenvalue weighted by molar-refractivity contribution is 0.295. The van der Waals surface area contributed by atoms with Crippen molar-refractivity contribution in [3.63, 3.8) is 0 Å². The van der Waals surface area contributed by atoms with E-state index in [0.29, 0.717) is 21.0 Å². The zero-order valence-electron chi connectivity index (χ0n) is 25.2. The van der Waals surface area contributed by atoms with Crippen molar-refractivity contribution in [3.05, 3.63) is 132 Å². The number of benzene rings is 4. The highest BCUT2D eigenvalue weighted by atomic mass is 35.5. The van der Waals surface area contributed by atoms with Crippen molar-refractivity contribution < 1.29 is 20.9 Å². The maximum Gasteiger partial charge on any atom is 0.238 e. The minimum atomic E-state index is -3.69. The summed E-state index contributed by atoms with van der Waals surface area (Å²) in [5.74, 6) is 0.417. The van der Waals surface area contributed by atoms with Gasteiger partial charge in [-0.15, -0.1) is 0 Å². The molecule has 0 amide bonds. The zero-order chi connectivity index (χ0) is 34.5. The number of hydrogen-bond acceptors (Lipinski definition) is 7. The Kier molecular flexibility index (Phi) is 15.2. The number of hydrogen-bond donors (Lipinski definition) is 1. The molecule has 6 rings (SSSR count). The highest BCUT2D eigenvalue weighted by molar-refractivity contribution is 7.89. The molecule has 0 fully saturated rings. The quantitative estimate of drug-likeness (QED) is 0.207. The van der Waals surface area contributed by atoms with Crippen LogP contribution in [0.1, 0.15) is 52.6 Å². The Morgan fingerprint density at radius 3 is 1.54 bits per heavy atom. The van der Waals surface area contributed by atoms with Crippen molar-refractivity contribution in [2.45, 2.75) is 37.2 Å². The van der Waals surface area contributed by atoms with E-state index in [4.69, 9.17) is 60.3 Å². The van der Waals surface area contributed by atoms with Crippen molar-refractivity contribution in [1.82, 2.24) is 9.80 Å². The largest absolute Gasteiger partial charge is 0.749 e. The fourth-order valence-electron chi connectivity index (χ4n) is 5.84. The molecule has 3 unspecified atom stereocenters. The summed E-state index contributed by atoms with van der Waals surface area (Å²) >= 11 is 26.7. The number of nitrogens with zero attached hydrogens (tertiary/aromatic N) is 2. The summed E-state index contributed by atoms with van der Waals surface area (Å²) in [7, 11) is 0.468. The van der Waals surface area contributed by atoms with Gasteiger partial charge in [0.2, 0.25) is 10.0 Å². The molecule has 3 atom stereocenters. The SMILES string of the molecule is C.CN1Cc2c(Cl)cc(Cl)cc2C(c2ccc(S(N)(=O)=O)cc2)C1.CN1Cc2c(Cl)cc(Cl)cc2C(c2ccccc2)C1.O=S([O-])OCl. The normalized spacial score (nSPS) is 18.1. The zero-order valence-corrected chi connectivity index (χ0v) is 30.6. The van der Waals surface area contributed by atoms with Crippen LogP contribution < -0.4 is 5.14 Å². The van der Waals surface area contributed by atoms with E-state index in [1.54, 1.807) is 18.2 Å². The van der Waals surface area contributed by atoms with Crippen molar-refractivity contribution in [3.8, 4) is 0 Å². The lowest BCUT2D eigenvalue weighted by Crippen LogP contribution is -2.31. The second-order valence-electron chi connectivity index (χ2n) is 11.2. The van der Waals surface area contributed by atoms with Crippen LogP contribution in [0.15, 0.2) is 83.8 Å². The van der Waals surface area contributed by atoms with Gasteiger partial charge < -0.3 is 14.4 Å². The Morgan fingerprint density at radius 2 is 1.17 bits per heavy atom. The summed E-state index contributed by atoms with van der Waals surface area (Å²) in [5, 5.41) is 7.90. The first kappa shape index (κ1) is 40.7. The Bertz CT molecular complexity index is 1830. The molecule has 0 saturated heterocycles. The first-order valence-electron chi connectivity index (χ1n) is 14.1. The van der Waals surface area contributed by atoms with E-state index in [9.17, 15) is 8.42 Å². The van der Waals surface area contributed by atoms with Gasteiger partial charge in [0.1, 0.15) is 11.4 Å². The highest BCUT2D eigenvalue weighted by Crippen LogP contribution is 2.39. The molecule has 0 aromatic heterocycles. The minimum absolute atomic E-state index is 0. The Morgan fingerprint density at radius 1 is 0.771 bits per heavy atom. The predicted octanol–water partition coefficient (Wildman–Crippen LogP) is 8.38. The van der Waals surface area contributed by atoms with E-state index in [1.165, 1.54) is 28.8 Å². The molecule has 4 aromatic carbocycles. The molecule has 2 aliphatic rings. The van der Waals surface area contributed by atoms with Crippen LogP contribution in [-0.4, -0.2) is 54.2 Å². The molecule has 8 nitrogen and oxygen atoms in total. The van der Waals surface area contributed by atoms with Crippen LogP contribution in [0, 0.1) is 0 Å². The van der Waals surface area contributed by atoms with E-state index in [0.717, 1.165) is 47.9 Å². The van der Waals surface area contributed by atoms with Gasteiger partial charge in [0, 0.05) is 58.1 Å². The summed E-state index contributed by atoms with van der Waals surface area (Å²) in [6, 6.07) is 24.8. The number of sulfonamides is 1. The summed E-state index contributed by atoms with van der Waals surface area (Å²) in [5.41, 5.74) is 6.93. The van der Waals surface area contributed by atoms with Crippen LogP contribution in [0.25, 0.3) is 0 Å².